The summed E-state index contributed by atoms with van der Waals surface area (Å²) in [5.74, 6) is 1.02. The number of rotatable bonds is 8. The molecule has 0 aliphatic carbocycles. The molecule has 1 unspecified atom stereocenters. The van der Waals surface area contributed by atoms with E-state index in [1.807, 2.05) is 60.8 Å². The van der Waals surface area contributed by atoms with Gasteiger partial charge in [0.05, 0.1) is 25.9 Å². The highest BCUT2D eigenvalue weighted by molar-refractivity contribution is 8.15. The minimum Gasteiger partial charge on any atom is -0.497 e. The molecule has 0 saturated carbocycles. The lowest BCUT2D eigenvalue weighted by Gasteiger charge is -2.31. The molecule has 1 aromatic heterocycles. The van der Waals surface area contributed by atoms with Crippen LogP contribution >= 0.6 is 23.1 Å². The van der Waals surface area contributed by atoms with E-state index in [4.69, 9.17) is 14.5 Å². The zero-order valence-electron chi connectivity index (χ0n) is 18.9. The van der Waals surface area contributed by atoms with Gasteiger partial charge in [-0.3, -0.25) is 14.5 Å². The molecule has 1 N–H and O–H groups in total. The first-order valence-electron chi connectivity index (χ1n) is 10.8. The number of nitrogens with one attached hydrogen (secondary N) is 1. The van der Waals surface area contributed by atoms with Gasteiger partial charge in [-0.1, -0.05) is 23.9 Å². The molecule has 2 aromatic carbocycles. The summed E-state index contributed by atoms with van der Waals surface area (Å²) in [6.07, 6.45) is 0.0919. The number of anilines is 1. The number of hydrogen-bond acceptors (Lipinski definition) is 7. The van der Waals surface area contributed by atoms with Gasteiger partial charge in [-0.05, 0) is 54.8 Å². The smallest absolute Gasteiger partial charge is 0.238 e. The van der Waals surface area contributed by atoms with Crippen LogP contribution in [0.1, 0.15) is 18.2 Å². The Labute approximate surface area is 206 Å². The second kappa shape index (κ2) is 11.2. The molecule has 4 rings (SSSR count). The molecule has 2 amide bonds. The topological polar surface area (TPSA) is 80.2 Å². The molecule has 9 heteroatoms. The summed E-state index contributed by atoms with van der Waals surface area (Å²) < 4.78 is 10.7. The zero-order chi connectivity index (χ0) is 23.9. The number of thiophene rings is 1. The number of thioether (sulfide) groups is 1. The van der Waals surface area contributed by atoms with E-state index in [9.17, 15) is 9.59 Å². The van der Waals surface area contributed by atoms with Crippen LogP contribution < -0.4 is 14.8 Å². The molecule has 0 radical (unpaired) electrons. The average Bonchev–Trinajstić information content (AvgIpc) is 3.35. The molecule has 1 atom stereocenters. The number of hydrogen-bond donors (Lipinski definition) is 1. The normalized spacial score (nSPS) is 17.0. The van der Waals surface area contributed by atoms with Gasteiger partial charge < -0.3 is 14.8 Å². The summed E-state index contributed by atoms with van der Waals surface area (Å²) in [7, 11) is 1.60. The maximum atomic E-state index is 13.1. The Kier molecular flexibility index (Phi) is 7.87. The molecule has 1 fully saturated rings. The van der Waals surface area contributed by atoms with E-state index in [1.54, 1.807) is 35.5 Å². The Morgan fingerprint density at radius 1 is 1.15 bits per heavy atom. The van der Waals surface area contributed by atoms with Crippen molar-refractivity contribution in [1.82, 2.24) is 4.90 Å². The molecule has 0 bridgehead atoms. The van der Waals surface area contributed by atoms with E-state index < -0.39 is 5.25 Å². The predicted octanol–water partition coefficient (Wildman–Crippen LogP) is 5.32. The summed E-state index contributed by atoms with van der Waals surface area (Å²) in [6, 6.07) is 18.4. The first-order valence-corrected chi connectivity index (χ1v) is 12.6. The third kappa shape index (κ3) is 5.98. The van der Waals surface area contributed by atoms with Crippen LogP contribution in [0.15, 0.2) is 71.0 Å². The Bertz CT molecular complexity index is 1160. The van der Waals surface area contributed by atoms with Crippen molar-refractivity contribution in [2.24, 2.45) is 4.99 Å². The lowest BCUT2D eigenvalue weighted by molar-refractivity contribution is -0.129. The molecule has 2 heterocycles. The predicted molar refractivity (Wildman–Crippen MR) is 137 cm³/mol. The number of carbonyl (C=O) groups excluding carboxylic acids is 2. The van der Waals surface area contributed by atoms with E-state index in [-0.39, 0.29) is 18.2 Å². The minimum absolute atomic E-state index is 0.0919. The maximum absolute atomic E-state index is 13.1. The van der Waals surface area contributed by atoms with Crippen LogP contribution in [-0.4, -0.2) is 40.8 Å². The van der Waals surface area contributed by atoms with Crippen molar-refractivity contribution < 1.29 is 19.1 Å². The zero-order valence-corrected chi connectivity index (χ0v) is 20.5. The Morgan fingerprint density at radius 2 is 1.97 bits per heavy atom. The van der Waals surface area contributed by atoms with Crippen LogP contribution in [0.5, 0.6) is 11.5 Å². The van der Waals surface area contributed by atoms with E-state index >= 15 is 0 Å². The summed E-state index contributed by atoms with van der Waals surface area (Å²) in [6.45, 7) is 2.86. The molecule has 0 spiro atoms. The van der Waals surface area contributed by atoms with Crippen molar-refractivity contribution in [3.63, 3.8) is 0 Å². The second-order valence-corrected chi connectivity index (χ2v) is 9.61. The number of amidine groups is 1. The molecule has 7 nitrogen and oxygen atoms in total. The van der Waals surface area contributed by atoms with Crippen LogP contribution in [0.25, 0.3) is 0 Å². The van der Waals surface area contributed by atoms with E-state index in [2.05, 4.69) is 5.32 Å². The SMILES string of the molecule is CCOc1cccc(NC(=O)C2CC(=O)N(Cc3cccs3)C(=Nc3ccc(OC)cc3)S2)c1. The lowest BCUT2D eigenvalue weighted by atomic mass is 10.2. The van der Waals surface area contributed by atoms with Crippen LogP contribution in [0, 0.1) is 0 Å². The van der Waals surface area contributed by atoms with Crippen LogP contribution in [0.4, 0.5) is 11.4 Å². The highest BCUT2D eigenvalue weighted by Gasteiger charge is 2.36. The summed E-state index contributed by atoms with van der Waals surface area (Å²) >= 11 is 2.88. The van der Waals surface area contributed by atoms with Gasteiger partial charge in [0.15, 0.2) is 5.17 Å². The fourth-order valence-corrected chi connectivity index (χ4v) is 5.17. The number of amides is 2. The quantitative estimate of drug-likeness (QED) is 0.458. The van der Waals surface area contributed by atoms with Gasteiger partial charge in [0, 0.05) is 23.1 Å². The number of carbonyl (C=O) groups is 2. The van der Waals surface area contributed by atoms with Crippen molar-refractivity contribution in [1.29, 1.82) is 0 Å². The number of nitrogens with zero attached hydrogens (tertiary/aromatic N) is 2. The van der Waals surface area contributed by atoms with Gasteiger partial charge in [-0.25, -0.2) is 4.99 Å². The highest BCUT2D eigenvalue weighted by atomic mass is 32.2. The Morgan fingerprint density at radius 3 is 2.68 bits per heavy atom. The highest BCUT2D eigenvalue weighted by Crippen LogP contribution is 2.32. The summed E-state index contributed by atoms with van der Waals surface area (Å²) in [5.41, 5.74) is 1.30. The molecule has 34 heavy (non-hydrogen) atoms. The van der Waals surface area contributed by atoms with Gasteiger partial charge in [-0.15, -0.1) is 11.3 Å². The van der Waals surface area contributed by atoms with Gasteiger partial charge in [0.1, 0.15) is 16.7 Å². The number of benzene rings is 2. The fraction of sp³-hybridized carbons (Fsp3) is 0.240. The van der Waals surface area contributed by atoms with E-state index in [1.165, 1.54) is 11.8 Å². The Hall–Kier alpha value is -3.30. The standard InChI is InChI=1S/C25H25N3O4S2/c1-3-32-20-7-4-6-18(14-20)26-24(30)22-15-23(29)28(16-21-8-5-13-33-21)25(34-22)27-17-9-11-19(31-2)12-10-17/h4-14,22H,3,15-16H2,1-2H3,(H,26,30). The number of methoxy groups -OCH3 is 1. The van der Waals surface area contributed by atoms with E-state index in [0.29, 0.717) is 35.4 Å². The van der Waals surface area contributed by atoms with Crippen LogP contribution in [-0.2, 0) is 16.1 Å². The van der Waals surface area contributed by atoms with E-state index in [0.717, 1.165) is 10.6 Å². The molecule has 1 aliphatic heterocycles. The van der Waals surface area contributed by atoms with Crippen molar-refractivity contribution in [2.75, 3.05) is 19.0 Å². The van der Waals surface area contributed by atoms with Crippen LogP contribution in [0.3, 0.4) is 0 Å². The molecule has 1 aliphatic rings. The molecule has 176 valence electrons. The van der Waals surface area contributed by atoms with Gasteiger partial charge in [-0.2, -0.15) is 0 Å². The molecular formula is C25H25N3O4S2. The average molecular weight is 496 g/mol. The van der Waals surface area contributed by atoms with Crippen molar-refractivity contribution >= 4 is 51.5 Å². The number of aliphatic imine (C=N–C) groups is 1. The largest absolute Gasteiger partial charge is 0.497 e. The molecular weight excluding hydrogens is 470 g/mol. The lowest BCUT2D eigenvalue weighted by Crippen LogP contribution is -2.44. The van der Waals surface area contributed by atoms with Gasteiger partial charge in [0.25, 0.3) is 0 Å². The van der Waals surface area contributed by atoms with Crippen molar-refractivity contribution in [3.8, 4) is 11.5 Å². The first kappa shape index (κ1) is 23.8. The number of ether oxygens (including phenoxy) is 2. The summed E-state index contributed by atoms with van der Waals surface area (Å²) in [5, 5.41) is 4.79. The third-order valence-electron chi connectivity index (χ3n) is 5.04. The molecule has 1 saturated heterocycles. The van der Waals surface area contributed by atoms with Crippen molar-refractivity contribution in [2.45, 2.75) is 25.1 Å². The Balaban J connectivity index is 1.56. The van der Waals surface area contributed by atoms with Gasteiger partial charge in [0.2, 0.25) is 11.8 Å². The third-order valence-corrected chi connectivity index (χ3v) is 7.08. The first-order chi connectivity index (χ1) is 16.6. The summed E-state index contributed by atoms with van der Waals surface area (Å²) in [4.78, 5) is 33.6. The monoisotopic (exact) mass is 495 g/mol. The molecule has 3 aromatic rings. The van der Waals surface area contributed by atoms with Crippen LogP contribution in [0.2, 0.25) is 0 Å². The van der Waals surface area contributed by atoms with Crippen molar-refractivity contribution in [3.05, 3.63) is 70.9 Å². The maximum Gasteiger partial charge on any atom is 0.238 e. The van der Waals surface area contributed by atoms with Gasteiger partial charge >= 0.3 is 0 Å². The fourth-order valence-electron chi connectivity index (χ4n) is 3.38. The minimum atomic E-state index is -0.597. The second-order valence-electron chi connectivity index (χ2n) is 7.41.